The maximum absolute atomic E-state index is 13.1. The van der Waals surface area contributed by atoms with Crippen molar-refractivity contribution in [3.05, 3.63) is 40.2 Å². The van der Waals surface area contributed by atoms with Gasteiger partial charge in [0.15, 0.2) is 0 Å². The lowest BCUT2D eigenvalue weighted by Crippen LogP contribution is -2.51. The fourth-order valence-corrected chi connectivity index (χ4v) is 5.60. The van der Waals surface area contributed by atoms with Crippen LogP contribution >= 0.6 is 0 Å². The Labute approximate surface area is 148 Å². The Balaban J connectivity index is 1.57. The molecule has 4 rings (SSSR count). The minimum atomic E-state index is -3.47. The van der Waals surface area contributed by atoms with Crippen LogP contribution in [0.2, 0.25) is 0 Å². The van der Waals surface area contributed by atoms with Gasteiger partial charge in [0, 0.05) is 25.2 Å². The maximum atomic E-state index is 13.1. The Morgan fingerprint density at radius 1 is 1.04 bits per heavy atom. The molecule has 2 heterocycles. The molecule has 2 fully saturated rings. The van der Waals surface area contributed by atoms with Crippen molar-refractivity contribution in [2.75, 3.05) is 13.1 Å². The lowest BCUT2D eigenvalue weighted by atomic mass is 10.0. The summed E-state index contributed by atoms with van der Waals surface area (Å²) in [5.74, 6) is 0.564. The second kappa shape index (κ2) is 5.64. The van der Waals surface area contributed by atoms with E-state index < -0.39 is 10.0 Å². The molecule has 0 amide bonds. The van der Waals surface area contributed by atoms with Crippen LogP contribution in [0.15, 0.2) is 17.2 Å². The summed E-state index contributed by atoms with van der Waals surface area (Å²) in [6, 6.07) is 2.14. The first-order valence-corrected chi connectivity index (χ1v) is 10.2. The number of sulfonamides is 1. The fourth-order valence-electron chi connectivity index (χ4n) is 3.51. The van der Waals surface area contributed by atoms with Crippen molar-refractivity contribution in [2.24, 2.45) is 0 Å². The van der Waals surface area contributed by atoms with E-state index in [1.165, 1.54) is 12.8 Å². The lowest BCUT2D eigenvalue weighted by molar-refractivity contribution is 0.188. The molecule has 1 aromatic heterocycles. The van der Waals surface area contributed by atoms with Gasteiger partial charge in [-0.1, -0.05) is 11.3 Å². The summed E-state index contributed by atoms with van der Waals surface area (Å²) in [4.78, 5) is 0.473. The Kier molecular flexibility index (Phi) is 3.77. The number of hydrogen-bond acceptors (Lipinski definition) is 4. The number of benzene rings is 1. The highest BCUT2D eigenvalue weighted by atomic mass is 32.2. The van der Waals surface area contributed by atoms with Crippen molar-refractivity contribution in [1.82, 2.24) is 19.3 Å². The van der Waals surface area contributed by atoms with Gasteiger partial charge in [-0.15, -0.1) is 5.10 Å². The van der Waals surface area contributed by atoms with Crippen LogP contribution < -0.4 is 0 Å². The first-order chi connectivity index (χ1) is 11.8. The molecule has 25 heavy (non-hydrogen) atoms. The van der Waals surface area contributed by atoms with Gasteiger partial charge in [0.25, 0.3) is 0 Å². The predicted octanol–water partition coefficient (Wildman–Crippen LogP) is 2.63. The molecule has 6 nitrogen and oxygen atoms in total. The smallest absolute Gasteiger partial charge is 0.243 e. The third-order valence-corrected chi connectivity index (χ3v) is 7.73. The molecule has 0 radical (unpaired) electrons. The summed E-state index contributed by atoms with van der Waals surface area (Å²) in [7, 11) is -3.47. The quantitative estimate of drug-likeness (QED) is 0.840. The number of hydrogen-bond donors (Lipinski definition) is 0. The molecule has 2 aliphatic rings. The molecule has 0 unspecified atom stereocenters. The van der Waals surface area contributed by atoms with Gasteiger partial charge in [0.05, 0.1) is 16.6 Å². The molecule has 1 aliphatic carbocycles. The topological polar surface area (TPSA) is 68.1 Å². The van der Waals surface area contributed by atoms with Crippen LogP contribution in [0.5, 0.6) is 0 Å². The zero-order valence-electron chi connectivity index (χ0n) is 15.2. The van der Waals surface area contributed by atoms with Gasteiger partial charge in [-0.05, 0) is 62.8 Å². The van der Waals surface area contributed by atoms with Crippen molar-refractivity contribution in [1.29, 1.82) is 0 Å². The molecule has 1 aliphatic heterocycles. The molecule has 1 saturated heterocycles. The van der Waals surface area contributed by atoms with E-state index in [1.807, 2.05) is 38.6 Å². The molecular formula is C18H24N4O2S. The van der Waals surface area contributed by atoms with Crippen LogP contribution in [0.3, 0.4) is 0 Å². The summed E-state index contributed by atoms with van der Waals surface area (Å²) in [6.07, 6.45) is 4.36. The van der Waals surface area contributed by atoms with Gasteiger partial charge in [-0.2, -0.15) is 4.31 Å². The summed E-state index contributed by atoms with van der Waals surface area (Å²) in [5.41, 5.74) is 4.78. The number of nitrogens with zero attached hydrogens (tertiary/aromatic N) is 4. The third-order valence-electron chi connectivity index (χ3n) is 5.62. The van der Waals surface area contributed by atoms with Crippen LogP contribution in [0.4, 0.5) is 0 Å². The Morgan fingerprint density at radius 3 is 2.20 bits per heavy atom. The largest absolute Gasteiger partial charge is 0.247 e. The van der Waals surface area contributed by atoms with Gasteiger partial charge < -0.3 is 0 Å². The normalized spacial score (nSPS) is 19.2. The summed E-state index contributed by atoms with van der Waals surface area (Å²) in [6.45, 7) is 8.64. The summed E-state index contributed by atoms with van der Waals surface area (Å²) in [5, 5.41) is 8.42. The second-order valence-electron chi connectivity index (χ2n) is 7.46. The maximum Gasteiger partial charge on any atom is 0.243 e. The molecule has 0 N–H and O–H groups in total. The minimum absolute atomic E-state index is 0.0845. The minimum Gasteiger partial charge on any atom is -0.247 e. The highest BCUT2D eigenvalue weighted by molar-refractivity contribution is 7.89. The van der Waals surface area contributed by atoms with E-state index >= 15 is 0 Å². The molecule has 1 saturated carbocycles. The van der Waals surface area contributed by atoms with Crippen molar-refractivity contribution in [3.8, 4) is 0 Å². The van der Waals surface area contributed by atoms with E-state index in [0.717, 1.165) is 27.9 Å². The van der Waals surface area contributed by atoms with Crippen molar-refractivity contribution >= 4 is 10.0 Å². The Morgan fingerprint density at radius 2 is 1.64 bits per heavy atom. The summed E-state index contributed by atoms with van der Waals surface area (Å²) >= 11 is 0. The van der Waals surface area contributed by atoms with Gasteiger partial charge in [-0.25, -0.2) is 13.1 Å². The van der Waals surface area contributed by atoms with Crippen LogP contribution in [0.1, 0.15) is 52.7 Å². The molecule has 0 bridgehead atoms. The van der Waals surface area contributed by atoms with E-state index in [2.05, 4.69) is 16.4 Å². The first kappa shape index (κ1) is 16.7. The zero-order valence-corrected chi connectivity index (χ0v) is 16.0. The second-order valence-corrected chi connectivity index (χ2v) is 9.34. The highest BCUT2D eigenvalue weighted by Gasteiger charge is 2.40. The highest BCUT2D eigenvalue weighted by Crippen LogP contribution is 2.39. The van der Waals surface area contributed by atoms with E-state index in [-0.39, 0.29) is 6.04 Å². The van der Waals surface area contributed by atoms with Crippen LogP contribution in [0.25, 0.3) is 0 Å². The van der Waals surface area contributed by atoms with Crippen LogP contribution in [-0.2, 0) is 10.0 Å². The van der Waals surface area contributed by atoms with E-state index in [9.17, 15) is 8.42 Å². The Bertz CT molecular complexity index is 912. The fraction of sp³-hybridized carbons (Fsp3) is 0.556. The number of aryl methyl sites for hydroxylation is 2. The van der Waals surface area contributed by atoms with Crippen molar-refractivity contribution in [3.63, 3.8) is 0 Å². The van der Waals surface area contributed by atoms with Crippen molar-refractivity contribution in [2.45, 2.75) is 57.4 Å². The van der Waals surface area contributed by atoms with Gasteiger partial charge in [0.1, 0.15) is 0 Å². The molecule has 7 heteroatoms. The SMILES string of the molecule is Cc1cc(C)c(C)c(S(=O)(=O)N2CC(n3cc(C4CC4)nn3)C2)c1C. The molecular weight excluding hydrogens is 336 g/mol. The zero-order chi connectivity index (χ0) is 17.9. The average molecular weight is 360 g/mol. The monoisotopic (exact) mass is 360 g/mol. The average Bonchev–Trinajstić information content (AvgIpc) is 3.23. The molecule has 134 valence electrons. The lowest BCUT2D eigenvalue weighted by Gasteiger charge is -2.38. The van der Waals surface area contributed by atoms with E-state index in [1.54, 1.807) is 4.31 Å². The standard InChI is InChI=1S/C18H24N4O2S/c1-11-7-12(2)14(4)18(13(11)3)25(23,24)21-8-16(9-21)22-10-17(19-20-22)15-5-6-15/h7,10,15-16H,5-6,8-9H2,1-4H3. The van der Waals surface area contributed by atoms with E-state index in [4.69, 9.17) is 0 Å². The van der Waals surface area contributed by atoms with Gasteiger partial charge in [-0.3, -0.25) is 0 Å². The molecule has 2 aromatic rings. The molecule has 0 spiro atoms. The number of rotatable bonds is 4. The Hall–Kier alpha value is -1.73. The summed E-state index contributed by atoms with van der Waals surface area (Å²) < 4.78 is 29.7. The van der Waals surface area contributed by atoms with Crippen molar-refractivity contribution < 1.29 is 8.42 Å². The third kappa shape index (κ3) is 2.69. The van der Waals surface area contributed by atoms with Gasteiger partial charge >= 0.3 is 0 Å². The molecule has 1 aromatic carbocycles. The van der Waals surface area contributed by atoms with Gasteiger partial charge in [0.2, 0.25) is 10.0 Å². The van der Waals surface area contributed by atoms with E-state index in [0.29, 0.717) is 23.9 Å². The molecule has 0 atom stereocenters. The van der Waals surface area contributed by atoms with Crippen LogP contribution in [0, 0.1) is 27.7 Å². The first-order valence-electron chi connectivity index (χ1n) is 8.78. The van der Waals surface area contributed by atoms with Crippen LogP contribution in [-0.4, -0.2) is 40.8 Å². The predicted molar refractivity (Wildman–Crippen MR) is 95.2 cm³/mol. The number of aromatic nitrogens is 3.